The molecule has 0 aliphatic carbocycles. The first-order chi connectivity index (χ1) is 16.5. The summed E-state index contributed by atoms with van der Waals surface area (Å²) >= 11 is 7.28. The molecule has 0 radical (unpaired) electrons. The third-order valence-electron chi connectivity index (χ3n) is 5.46. The molecule has 1 N–H and O–H groups in total. The number of nitrogens with one attached hydrogen (secondary N) is 1. The Labute approximate surface area is 206 Å². The summed E-state index contributed by atoms with van der Waals surface area (Å²) in [5, 5.41) is 4.26. The average molecular weight is 498 g/mol. The molecule has 4 rings (SSSR count). The van der Waals surface area contributed by atoms with Crippen LogP contribution in [0, 0.1) is 0 Å². The lowest BCUT2D eigenvalue weighted by Gasteiger charge is -2.34. The van der Waals surface area contributed by atoms with Crippen LogP contribution in [0.15, 0.2) is 71.1 Å². The second kappa shape index (κ2) is 10.8. The highest BCUT2D eigenvalue weighted by Crippen LogP contribution is 2.21. The van der Waals surface area contributed by atoms with Crippen LogP contribution in [0.5, 0.6) is 0 Å². The van der Waals surface area contributed by atoms with Crippen LogP contribution in [-0.2, 0) is 11.3 Å². The van der Waals surface area contributed by atoms with E-state index in [4.69, 9.17) is 11.6 Å². The average Bonchev–Trinajstić information content (AvgIpc) is 2.85. The Morgan fingerprint density at radius 3 is 2.50 bits per heavy atom. The fourth-order valence-corrected chi connectivity index (χ4v) is 4.75. The minimum atomic E-state index is -0.199. The minimum absolute atomic E-state index is 0.0706. The van der Waals surface area contributed by atoms with E-state index in [1.165, 1.54) is 16.3 Å². The van der Waals surface area contributed by atoms with Crippen molar-refractivity contribution in [1.29, 1.82) is 0 Å². The van der Waals surface area contributed by atoms with Crippen molar-refractivity contribution in [3.05, 3.63) is 76.6 Å². The Morgan fingerprint density at radius 2 is 1.79 bits per heavy atom. The van der Waals surface area contributed by atoms with Crippen LogP contribution in [0.3, 0.4) is 0 Å². The third kappa shape index (κ3) is 5.43. The fraction of sp³-hybridized carbons (Fsp3) is 0.250. The number of rotatable bonds is 6. The normalized spacial score (nSPS) is 13.7. The van der Waals surface area contributed by atoms with E-state index in [0.29, 0.717) is 47.3 Å². The summed E-state index contributed by atoms with van der Waals surface area (Å²) in [6.45, 7) is 5.79. The highest BCUT2D eigenvalue weighted by Gasteiger charge is 2.24. The first kappa shape index (κ1) is 23.8. The molecule has 3 amide bonds. The van der Waals surface area contributed by atoms with Crippen LogP contribution in [0.1, 0.15) is 0 Å². The van der Waals surface area contributed by atoms with Crippen LogP contribution in [0.2, 0.25) is 5.02 Å². The van der Waals surface area contributed by atoms with E-state index in [9.17, 15) is 14.4 Å². The molecule has 3 aromatic rings. The smallest absolute Gasteiger partial charge is 0.321 e. The minimum Gasteiger partial charge on any atom is -0.338 e. The number of carbonyl (C=O) groups is 2. The lowest BCUT2D eigenvalue weighted by molar-refractivity contribution is -0.129. The van der Waals surface area contributed by atoms with E-state index in [1.54, 1.807) is 34.1 Å². The zero-order valence-electron chi connectivity index (χ0n) is 18.4. The first-order valence-electron chi connectivity index (χ1n) is 10.8. The molecule has 0 bridgehead atoms. The molecule has 0 saturated carbocycles. The topological polar surface area (TPSA) is 87.5 Å². The fourth-order valence-electron chi connectivity index (χ4n) is 3.67. The standard InChI is InChI=1S/C24H24ClN5O3S/c1-2-10-30-22(32)19-9-8-17(25)15-20(19)27-24(30)34-16-21(31)28-11-13-29(14-12-28)23(33)26-18-6-4-3-5-7-18/h2-9,15H,1,10-14,16H2,(H,26,33). The molecule has 1 saturated heterocycles. The summed E-state index contributed by atoms with van der Waals surface area (Å²) < 4.78 is 1.51. The van der Waals surface area contributed by atoms with E-state index in [1.807, 2.05) is 30.3 Å². The highest BCUT2D eigenvalue weighted by atomic mass is 35.5. The van der Waals surface area contributed by atoms with Crippen molar-refractivity contribution < 1.29 is 9.59 Å². The van der Waals surface area contributed by atoms with Crippen LogP contribution in [-0.4, -0.2) is 63.2 Å². The summed E-state index contributed by atoms with van der Waals surface area (Å²) in [4.78, 5) is 46.2. The number of carbonyl (C=O) groups excluding carboxylic acids is 2. The van der Waals surface area contributed by atoms with Crippen molar-refractivity contribution in [2.24, 2.45) is 0 Å². The van der Waals surface area contributed by atoms with Crippen molar-refractivity contribution in [2.75, 3.05) is 37.2 Å². The van der Waals surface area contributed by atoms with Gasteiger partial charge in [0.2, 0.25) is 5.91 Å². The van der Waals surface area contributed by atoms with Gasteiger partial charge < -0.3 is 15.1 Å². The molecule has 8 nitrogen and oxygen atoms in total. The van der Waals surface area contributed by atoms with Gasteiger partial charge in [-0.25, -0.2) is 9.78 Å². The van der Waals surface area contributed by atoms with Gasteiger partial charge in [-0.05, 0) is 30.3 Å². The van der Waals surface area contributed by atoms with E-state index in [2.05, 4.69) is 16.9 Å². The van der Waals surface area contributed by atoms with E-state index in [-0.39, 0.29) is 29.8 Å². The predicted octanol–water partition coefficient (Wildman–Crippen LogP) is 3.70. The predicted molar refractivity (Wildman–Crippen MR) is 136 cm³/mol. The number of nitrogens with zero attached hydrogens (tertiary/aromatic N) is 4. The number of amides is 3. The van der Waals surface area contributed by atoms with E-state index < -0.39 is 0 Å². The molecular formula is C24H24ClN5O3S. The zero-order chi connectivity index (χ0) is 24.1. The largest absolute Gasteiger partial charge is 0.338 e. The van der Waals surface area contributed by atoms with Crippen LogP contribution < -0.4 is 10.9 Å². The Balaban J connectivity index is 1.38. The van der Waals surface area contributed by atoms with Crippen molar-refractivity contribution in [1.82, 2.24) is 19.4 Å². The monoisotopic (exact) mass is 497 g/mol. The molecule has 34 heavy (non-hydrogen) atoms. The Hall–Kier alpha value is -3.30. The molecule has 0 atom stereocenters. The van der Waals surface area contributed by atoms with Gasteiger partial charge in [0, 0.05) is 43.4 Å². The second-order valence-electron chi connectivity index (χ2n) is 7.71. The molecule has 1 aliphatic heterocycles. The molecule has 1 aromatic heterocycles. The number of fused-ring (bicyclic) bond motifs is 1. The Bertz CT molecular complexity index is 1270. The molecule has 1 aliphatic rings. The number of aromatic nitrogens is 2. The Morgan fingerprint density at radius 1 is 1.09 bits per heavy atom. The van der Waals surface area contributed by atoms with Crippen molar-refractivity contribution in [3.8, 4) is 0 Å². The SMILES string of the molecule is C=CCn1c(SCC(=O)N2CCN(C(=O)Nc3ccccc3)CC2)nc2cc(Cl)ccc2c1=O. The maximum atomic E-state index is 12.9. The van der Waals surface area contributed by atoms with Gasteiger partial charge >= 0.3 is 6.03 Å². The lowest BCUT2D eigenvalue weighted by Crippen LogP contribution is -2.52. The van der Waals surface area contributed by atoms with Crippen LogP contribution in [0.25, 0.3) is 10.9 Å². The molecule has 2 aromatic carbocycles. The Kier molecular flexibility index (Phi) is 7.54. The first-order valence-corrected chi connectivity index (χ1v) is 12.1. The summed E-state index contributed by atoms with van der Waals surface area (Å²) in [6, 6.07) is 14.0. The second-order valence-corrected chi connectivity index (χ2v) is 9.09. The van der Waals surface area contributed by atoms with Gasteiger partial charge in [0.1, 0.15) is 0 Å². The number of allylic oxidation sites excluding steroid dienone is 1. The number of anilines is 1. The maximum Gasteiger partial charge on any atom is 0.321 e. The maximum absolute atomic E-state index is 12.9. The number of hydrogen-bond donors (Lipinski definition) is 1. The molecule has 10 heteroatoms. The number of thioether (sulfide) groups is 1. The number of halogens is 1. The van der Waals surface area contributed by atoms with Crippen LogP contribution in [0.4, 0.5) is 10.5 Å². The lowest BCUT2D eigenvalue weighted by atomic mass is 10.2. The van der Waals surface area contributed by atoms with Crippen molar-refractivity contribution >= 4 is 51.9 Å². The number of para-hydroxylation sites is 1. The summed E-state index contributed by atoms with van der Waals surface area (Å²) in [7, 11) is 0. The zero-order valence-corrected chi connectivity index (χ0v) is 20.0. The number of hydrogen-bond acceptors (Lipinski definition) is 5. The number of urea groups is 1. The van der Waals surface area contributed by atoms with Gasteiger partial charge in [-0.3, -0.25) is 14.2 Å². The van der Waals surface area contributed by atoms with Crippen molar-refractivity contribution in [3.63, 3.8) is 0 Å². The van der Waals surface area contributed by atoms with Gasteiger partial charge in [-0.1, -0.05) is 47.6 Å². The number of benzene rings is 2. The van der Waals surface area contributed by atoms with Crippen LogP contribution >= 0.6 is 23.4 Å². The third-order valence-corrected chi connectivity index (χ3v) is 6.66. The summed E-state index contributed by atoms with van der Waals surface area (Å²) in [5.74, 6) is 0.0602. The molecule has 176 valence electrons. The van der Waals surface area contributed by atoms with Gasteiger partial charge in [0.15, 0.2) is 5.16 Å². The molecular weight excluding hydrogens is 474 g/mol. The van der Waals surface area contributed by atoms with Gasteiger partial charge in [-0.15, -0.1) is 6.58 Å². The number of piperazine rings is 1. The quantitative estimate of drug-likeness (QED) is 0.319. The summed E-state index contributed by atoms with van der Waals surface area (Å²) in [5.41, 5.74) is 1.03. The van der Waals surface area contributed by atoms with Gasteiger partial charge in [-0.2, -0.15) is 0 Å². The molecule has 1 fully saturated rings. The molecule has 0 spiro atoms. The molecule has 0 unspecified atom stereocenters. The van der Waals surface area contributed by atoms with Gasteiger partial charge in [0.05, 0.1) is 16.7 Å². The summed E-state index contributed by atoms with van der Waals surface area (Å²) in [6.07, 6.45) is 1.62. The highest BCUT2D eigenvalue weighted by molar-refractivity contribution is 7.99. The van der Waals surface area contributed by atoms with E-state index in [0.717, 1.165) is 5.69 Å². The molecule has 2 heterocycles. The van der Waals surface area contributed by atoms with Gasteiger partial charge in [0.25, 0.3) is 5.56 Å². The van der Waals surface area contributed by atoms with Crippen molar-refractivity contribution in [2.45, 2.75) is 11.7 Å². The van der Waals surface area contributed by atoms with E-state index >= 15 is 0 Å².